The van der Waals surface area contributed by atoms with Crippen molar-refractivity contribution in [3.63, 3.8) is 0 Å². The third-order valence-corrected chi connectivity index (χ3v) is 6.23. The maximum absolute atomic E-state index is 11.7. The third kappa shape index (κ3) is 4.54. The molecule has 4 rings (SSSR count). The molecule has 0 saturated carbocycles. The van der Waals surface area contributed by atoms with Crippen LogP contribution >= 0.6 is 11.6 Å². The highest BCUT2D eigenvalue weighted by atomic mass is 35.5. The Labute approximate surface area is 213 Å². The number of nitrogens with zero attached hydrogens (tertiary/aromatic N) is 2. The van der Waals surface area contributed by atoms with Crippen LogP contribution in [0.25, 0.3) is 16.9 Å². The summed E-state index contributed by atoms with van der Waals surface area (Å²) in [6.07, 6.45) is 0. The predicted molar refractivity (Wildman–Crippen MR) is 135 cm³/mol. The average molecular weight is 509 g/mol. The van der Waals surface area contributed by atoms with Crippen LogP contribution in [0.1, 0.15) is 21.6 Å². The second-order valence-corrected chi connectivity index (χ2v) is 8.18. The predicted octanol–water partition coefficient (Wildman–Crippen LogP) is 5.40. The molecule has 0 radical (unpaired) electrons. The van der Waals surface area contributed by atoms with Gasteiger partial charge in [-0.15, -0.1) is 0 Å². The largest absolute Gasteiger partial charge is 0.497 e. The molecular weight excluding hydrogens is 484 g/mol. The van der Waals surface area contributed by atoms with Gasteiger partial charge in [0, 0.05) is 25.3 Å². The molecule has 1 N–H and O–H groups in total. The Hall–Kier alpha value is -3.85. The van der Waals surface area contributed by atoms with Gasteiger partial charge in [0.1, 0.15) is 17.2 Å². The van der Waals surface area contributed by atoms with Crippen molar-refractivity contribution in [2.45, 2.75) is 5.79 Å². The number of halogens is 1. The highest BCUT2D eigenvalue weighted by molar-refractivity contribution is 6.33. The van der Waals surface area contributed by atoms with Crippen molar-refractivity contribution in [3.05, 3.63) is 94.6 Å². The van der Waals surface area contributed by atoms with E-state index in [4.69, 9.17) is 35.6 Å². The number of carboxylic acids is 1. The number of carbonyl (C=O) groups is 1. The first-order valence-electron chi connectivity index (χ1n) is 10.9. The maximum atomic E-state index is 11.7. The molecule has 8 nitrogen and oxygen atoms in total. The number of methoxy groups -OCH3 is 4. The van der Waals surface area contributed by atoms with Crippen LogP contribution in [0.2, 0.25) is 5.02 Å². The van der Waals surface area contributed by atoms with E-state index in [1.54, 1.807) is 25.0 Å². The standard InChI is InChI=1S/C27H25ClN2O6/c1-33-20-10-5-17(6-11-20)24-16-25(29-30(24)19-8-12-21(34-2)13-9-19)27(35-3,36-4)18-7-14-23(28)22(15-18)26(31)32/h5-16H,1-4H3,(H,31,32). The first-order valence-corrected chi connectivity index (χ1v) is 11.3. The van der Waals surface area contributed by atoms with Gasteiger partial charge in [0.05, 0.1) is 36.2 Å². The van der Waals surface area contributed by atoms with Gasteiger partial charge in [0.25, 0.3) is 0 Å². The summed E-state index contributed by atoms with van der Waals surface area (Å²) >= 11 is 6.11. The number of hydrogen-bond donors (Lipinski definition) is 1. The first-order chi connectivity index (χ1) is 17.4. The Morgan fingerprint density at radius 1 is 0.861 bits per heavy atom. The summed E-state index contributed by atoms with van der Waals surface area (Å²) in [6, 6.07) is 21.4. The van der Waals surface area contributed by atoms with Crippen molar-refractivity contribution < 1.29 is 28.8 Å². The smallest absolute Gasteiger partial charge is 0.337 e. The molecule has 0 unspecified atom stereocenters. The van der Waals surface area contributed by atoms with E-state index in [2.05, 4.69) is 0 Å². The van der Waals surface area contributed by atoms with Crippen molar-refractivity contribution in [1.29, 1.82) is 0 Å². The van der Waals surface area contributed by atoms with Gasteiger partial charge in [-0.25, -0.2) is 9.48 Å². The second kappa shape index (κ2) is 10.4. The molecule has 0 aliphatic rings. The van der Waals surface area contributed by atoms with Crippen LogP contribution in [0.4, 0.5) is 0 Å². The Bertz CT molecular complexity index is 1300. The zero-order valence-electron chi connectivity index (χ0n) is 20.2. The molecule has 3 aromatic carbocycles. The van der Waals surface area contributed by atoms with Gasteiger partial charge in [-0.2, -0.15) is 5.10 Å². The zero-order valence-corrected chi connectivity index (χ0v) is 20.9. The lowest BCUT2D eigenvalue weighted by Crippen LogP contribution is -2.33. The summed E-state index contributed by atoms with van der Waals surface area (Å²) in [6.45, 7) is 0. The van der Waals surface area contributed by atoms with Crippen LogP contribution in [0.5, 0.6) is 11.5 Å². The van der Waals surface area contributed by atoms with Crippen LogP contribution in [0.15, 0.2) is 72.8 Å². The molecule has 186 valence electrons. The van der Waals surface area contributed by atoms with Crippen molar-refractivity contribution in [1.82, 2.24) is 9.78 Å². The van der Waals surface area contributed by atoms with Gasteiger partial charge >= 0.3 is 5.97 Å². The van der Waals surface area contributed by atoms with Crippen LogP contribution in [0.3, 0.4) is 0 Å². The molecule has 0 fully saturated rings. The highest BCUT2D eigenvalue weighted by Crippen LogP contribution is 2.38. The van der Waals surface area contributed by atoms with Gasteiger partial charge in [0.2, 0.25) is 5.79 Å². The molecule has 0 atom stereocenters. The lowest BCUT2D eigenvalue weighted by molar-refractivity contribution is -0.186. The number of rotatable bonds is 9. The van der Waals surface area contributed by atoms with E-state index in [-0.39, 0.29) is 10.6 Å². The van der Waals surface area contributed by atoms with Crippen LogP contribution < -0.4 is 9.47 Å². The van der Waals surface area contributed by atoms with Gasteiger partial charge in [0.15, 0.2) is 0 Å². The zero-order chi connectivity index (χ0) is 25.9. The maximum Gasteiger partial charge on any atom is 0.337 e. The van der Waals surface area contributed by atoms with E-state index in [0.717, 1.165) is 22.7 Å². The Morgan fingerprint density at radius 3 is 1.97 bits per heavy atom. The van der Waals surface area contributed by atoms with Crippen LogP contribution in [-0.4, -0.2) is 49.3 Å². The minimum absolute atomic E-state index is 0.0717. The summed E-state index contributed by atoms with van der Waals surface area (Å²) in [5, 5.41) is 14.6. The van der Waals surface area contributed by atoms with Gasteiger partial charge in [-0.05, 0) is 66.7 Å². The molecule has 0 amide bonds. The second-order valence-electron chi connectivity index (χ2n) is 7.78. The van der Waals surface area contributed by atoms with E-state index in [1.165, 1.54) is 26.4 Å². The lowest BCUT2D eigenvalue weighted by Gasteiger charge is -2.29. The minimum atomic E-state index is -1.51. The van der Waals surface area contributed by atoms with E-state index in [1.807, 2.05) is 54.6 Å². The van der Waals surface area contributed by atoms with Crippen LogP contribution in [0, 0.1) is 0 Å². The molecule has 9 heteroatoms. The number of hydrogen-bond acceptors (Lipinski definition) is 6. The van der Waals surface area contributed by atoms with Crippen molar-refractivity contribution >= 4 is 17.6 Å². The normalized spacial score (nSPS) is 11.4. The van der Waals surface area contributed by atoms with E-state index in [0.29, 0.717) is 17.0 Å². The SMILES string of the molecule is COc1ccc(-c2cc(C(OC)(OC)c3ccc(Cl)c(C(=O)O)c3)nn2-c2ccc(OC)cc2)cc1. The van der Waals surface area contributed by atoms with E-state index in [9.17, 15) is 9.90 Å². The van der Waals surface area contributed by atoms with Crippen molar-refractivity contribution in [2.75, 3.05) is 28.4 Å². The van der Waals surface area contributed by atoms with E-state index < -0.39 is 11.8 Å². The molecule has 0 aliphatic carbocycles. The van der Waals surface area contributed by atoms with E-state index >= 15 is 0 Å². The summed E-state index contributed by atoms with van der Waals surface area (Å²) in [5.74, 6) is -1.23. The fourth-order valence-electron chi connectivity index (χ4n) is 4.00. The van der Waals surface area contributed by atoms with Gasteiger partial charge in [-0.3, -0.25) is 0 Å². The number of aromatic nitrogens is 2. The summed E-state index contributed by atoms with van der Waals surface area (Å²) < 4.78 is 24.1. The fraction of sp³-hybridized carbons (Fsp3) is 0.185. The summed E-state index contributed by atoms with van der Waals surface area (Å²) in [5.41, 5.74) is 3.16. The number of benzene rings is 3. The number of ether oxygens (including phenoxy) is 4. The molecule has 1 heterocycles. The third-order valence-electron chi connectivity index (χ3n) is 5.90. The summed E-state index contributed by atoms with van der Waals surface area (Å²) in [4.78, 5) is 11.7. The van der Waals surface area contributed by atoms with Gasteiger partial charge in [-0.1, -0.05) is 17.7 Å². The Kier molecular flexibility index (Phi) is 7.30. The Morgan fingerprint density at radius 2 is 1.44 bits per heavy atom. The van der Waals surface area contributed by atoms with Crippen molar-refractivity contribution in [2.24, 2.45) is 0 Å². The first kappa shape index (κ1) is 25.2. The van der Waals surface area contributed by atoms with Crippen LogP contribution in [-0.2, 0) is 15.3 Å². The quantitative estimate of drug-likeness (QED) is 0.302. The van der Waals surface area contributed by atoms with Gasteiger partial charge < -0.3 is 24.1 Å². The van der Waals surface area contributed by atoms with Crippen molar-refractivity contribution in [3.8, 4) is 28.4 Å². The molecule has 0 bridgehead atoms. The molecule has 0 saturated heterocycles. The number of aromatic carboxylic acids is 1. The minimum Gasteiger partial charge on any atom is -0.497 e. The molecule has 4 aromatic rings. The fourth-order valence-corrected chi connectivity index (χ4v) is 4.20. The molecular formula is C27H25ClN2O6. The number of carboxylic acid groups (broad SMARTS) is 1. The molecule has 0 spiro atoms. The lowest BCUT2D eigenvalue weighted by atomic mass is 9.98. The molecule has 1 aromatic heterocycles. The Balaban J connectivity index is 1.94. The topological polar surface area (TPSA) is 92.0 Å². The molecule has 36 heavy (non-hydrogen) atoms. The average Bonchev–Trinajstić information content (AvgIpc) is 3.36. The molecule has 0 aliphatic heterocycles. The summed E-state index contributed by atoms with van der Waals surface area (Å²) in [7, 11) is 6.15. The monoisotopic (exact) mass is 508 g/mol. The highest BCUT2D eigenvalue weighted by Gasteiger charge is 2.39.